The zero-order valence-electron chi connectivity index (χ0n) is 12.3. The first kappa shape index (κ1) is 13.8. The molecule has 0 aliphatic carbocycles. The Balaban J connectivity index is 2.13. The van der Waals surface area contributed by atoms with Crippen molar-refractivity contribution in [2.24, 2.45) is 5.73 Å². The van der Waals surface area contributed by atoms with Crippen LogP contribution in [0.5, 0.6) is 17.2 Å². The number of hydrogen-bond donors (Lipinski definition) is 1. The topological polar surface area (TPSA) is 53.7 Å². The summed E-state index contributed by atoms with van der Waals surface area (Å²) in [7, 11) is 3.28. The van der Waals surface area contributed by atoms with E-state index in [1.54, 1.807) is 14.2 Å². The fraction of sp³-hybridized carbons (Fsp3) is 0.294. The van der Waals surface area contributed by atoms with E-state index in [2.05, 4.69) is 6.07 Å². The number of rotatable bonds is 4. The summed E-state index contributed by atoms with van der Waals surface area (Å²) in [4.78, 5) is 0. The zero-order valence-corrected chi connectivity index (χ0v) is 12.3. The summed E-state index contributed by atoms with van der Waals surface area (Å²) in [6.07, 6.45) is 0.907. The normalized spacial score (nSPS) is 16.2. The molecule has 1 heterocycles. The number of para-hydroxylation sites is 2. The Hall–Kier alpha value is -2.20. The van der Waals surface area contributed by atoms with Gasteiger partial charge in [-0.25, -0.2) is 0 Å². The molecule has 0 bridgehead atoms. The third kappa shape index (κ3) is 2.32. The average Bonchev–Trinajstić information content (AvgIpc) is 2.97. The molecule has 0 radical (unpaired) electrons. The van der Waals surface area contributed by atoms with Crippen molar-refractivity contribution in [3.05, 3.63) is 42.0 Å². The summed E-state index contributed by atoms with van der Waals surface area (Å²) >= 11 is 0. The maximum absolute atomic E-state index is 5.99. The Morgan fingerprint density at radius 1 is 1.10 bits per heavy atom. The molecule has 2 aromatic rings. The van der Waals surface area contributed by atoms with E-state index in [0.717, 1.165) is 23.3 Å². The van der Waals surface area contributed by atoms with Crippen LogP contribution in [0.15, 0.2) is 36.4 Å². The minimum Gasteiger partial charge on any atom is -0.493 e. The molecular formula is C17H19NO3. The molecule has 2 N–H and O–H groups in total. The van der Waals surface area contributed by atoms with Crippen LogP contribution in [-0.4, -0.2) is 26.9 Å². The van der Waals surface area contributed by atoms with E-state index in [0.29, 0.717) is 18.0 Å². The van der Waals surface area contributed by atoms with Gasteiger partial charge in [0.15, 0.2) is 11.5 Å². The Morgan fingerprint density at radius 3 is 2.57 bits per heavy atom. The maximum atomic E-state index is 5.99. The third-order valence-corrected chi connectivity index (χ3v) is 3.78. The highest BCUT2D eigenvalue weighted by atomic mass is 16.5. The lowest BCUT2D eigenvalue weighted by Crippen LogP contribution is -2.24. The first-order valence-corrected chi connectivity index (χ1v) is 6.98. The molecular weight excluding hydrogens is 266 g/mol. The molecule has 1 atom stereocenters. The van der Waals surface area contributed by atoms with Crippen molar-refractivity contribution in [3.8, 4) is 28.4 Å². The quantitative estimate of drug-likeness (QED) is 0.938. The van der Waals surface area contributed by atoms with Gasteiger partial charge in [-0.15, -0.1) is 0 Å². The molecule has 0 fully saturated rings. The van der Waals surface area contributed by atoms with Crippen LogP contribution >= 0.6 is 0 Å². The van der Waals surface area contributed by atoms with Gasteiger partial charge in [0, 0.05) is 24.1 Å². The largest absolute Gasteiger partial charge is 0.493 e. The van der Waals surface area contributed by atoms with Gasteiger partial charge in [-0.1, -0.05) is 30.3 Å². The van der Waals surface area contributed by atoms with Crippen LogP contribution in [0, 0.1) is 0 Å². The molecule has 3 rings (SSSR count). The summed E-state index contributed by atoms with van der Waals surface area (Å²) in [5.41, 5.74) is 8.90. The molecule has 21 heavy (non-hydrogen) atoms. The number of methoxy groups -OCH3 is 2. The molecule has 2 aromatic carbocycles. The Labute approximate surface area is 124 Å². The van der Waals surface area contributed by atoms with Crippen molar-refractivity contribution < 1.29 is 14.2 Å². The predicted octanol–water partition coefficient (Wildman–Crippen LogP) is 2.63. The second-order valence-corrected chi connectivity index (χ2v) is 5.01. The van der Waals surface area contributed by atoms with Crippen LogP contribution in [0.2, 0.25) is 0 Å². The smallest absolute Gasteiger partial charge is 0.168 e. The summed E-state index contributed by atoms with van der Waals surface area (Å²) < 4.78 is 16.9. The van der Waals surface area contributed by atoms with E-state index in [1.807, 2.05) is 30.3 Å². The molecule has 0 saturated carbocycles. The van der Waals surface area contributed by atoms with E-state index >= 15 is 0 Å². The molecule has 0 spiro atoms. The lowest BCUT2D eigenvalue weighted by molar-refractivity contribution is 0.242. The Kier molecular flexibility index (Phi) is 3.71. The Bertz CT molecular complexity index is 654. The molecule has 110 valence electrons. The van der Waals surface area contributed by atoms with Crippen LogP contribution in [0.3, 0.4) is 0 Å². The van der Waals surface area contributed by atoms with E-state index in [9.17, 15) is 0 Å². The van der Waals surface area contributed by atoms with Crippen LogP contribution in [0.25, 0.3) is 11.1 Å². The van der Waals surface area contributed by atoms with Gasteiger partial charge >= 0.3 is 0 Å². The van der Waals surface area contributed by atoms with Gasteiger partial charge in [0.1, 0.15) is 11.9 Å². The second-order valence-electron chi connectivity index (χ2n) is 5.01. The van der Waals surface area contributed by atoms with Gasteiger partial charge in [-0.05, 0) is 11.6 Å². The highest BCUT2D eigenvalue weighted by Crippen LogP contribution is 2.44. The van der Waals surface area contributed by atoms with Gasteiger partial charge in [0.2, 0.25) is 0 Å². The SMILES string of the molecule is COc1cccc(-c2cccc3c2O[C@@H](CN)C3)c1OC. The van der Waals surface area contributed by atoms with Crippen LogP contribution in [0.1, 0.15) is 5.56 Å². The molecule has 0 amide bonds. The lowest BCUT2D eigenvalue weighted by Gasteiger charge is -2.15. The van der Waals surface area contributed by atoms with E-state index in [-0.39, 0.29) is 6.10 Å². The molecule has 4 nitrogen and oxygen atoms in total. The minimum atomic E-state index is 0.0535. The zero-order chi connectivity index (χ0) is 14.8. The fourth-order valence-electron chi connectivity index (χ4n) is 2.78. The average molecular weight is 285 g/mol. The molecule has 0 saturated heterocycles. The van der Waals surface area contributed by atoms with Crippen LogP contribution in [-0.2, 0) is 6.42 Å². The molecule has 1 aliphatic heterocycles. The number of ether oxygens (including phenoxy) is 3. The van der Waals surface area contributed by atoms with Crippen molar-refractivity contribution in [3.63, 3.8) is 0 Å². The van der Waals surface area contributed by atoms with Crippen LogP contribution < -0.4 is 19.9 Å². The van der Waals surface area contributed by atoms with E-state index in [1.165, 1.54) is 5.56 Å². The van der Waals surface area contributed by atoms with Crippen molar-refractivity contribution in [2.75, 3.05) is 20.8 Å². The standard InChI is InChI=1S/C17H19NO3/c1-19-15-8-4-7-14(17(15)20-2)13-6-3-5-11-9-12(10-18)21-16(11)13/h3-8,12H,9-10,18H2,1-2H3/t12-/m1/s1. The molecule has 0 unspecified atom stereocenters. The van der Waals surface area contributed by atoms with Gasteiger partial charge < -0.3 is 19.9 Å². The number of nitrogens with two attached hydrogens (primary N) is 1. The van der Waals surface area contributed by atoms with Gasteiger partial charge in [0.25, 0.3) is 0 Å². The molecule has 4 heteroatoms. The molecule has 0 aromatic heterocycles. The number of hydrogen-bond acceptors (Lipinski definition) is 4. The van der Waals surface area contributed by atoms with Crippen molar-refractivity contribution in [1.29, 1.82) is 0 Å². The monoisotopic (exact) mass is 285 g/mol. The minimum absolute atomic E-state index is 0.0535. The first-order chi connectivity index (χ1) is 10.3. The lowest BCUT2D eigenvalue weighted by atomic mass is 9.99. The second kappa shape index (κ2) is 5.66. The first-order valence-electron chi connectivity index (χ1n) is 6.98. The van der Waals surface area contributed by atoms with Crippen LogP contribution in [0.4, 0.5) is 0 Å². The van der Waals surface area contributed by atoms with Crippen molar-refractivity contribution >= 4 is 0 Å². The highest BCUT2D eigenvalue weighted by Gasteiger charge is 2.26. The van der Waals surface area contributed by atoms with Crippen molar-refractivity contribution in [1.82, 2.24) is 0 Å². The Morgan fingerprint density at radius 2 is 1.86 bits per heavy atom. The molecule has 1 aliphatic rings. The summed E-state index contributed by atoms with van der Waals surface area (Å²) in [5.74, 6) is 2.33. The fourth-order valence-corrected chi connectivity index (χ4v) is 2.78. The van der Waals surface area contributed by atoms with Gasteiger partial charge in [0.05, 0.1) is 14.2 Å². The van der Waals surface area contributed by atoms with Crippen molar-refractivity contribution in [2.45, 2.75) is 12.5 Å². The summed E-state index contributed by atoms with van der Waals surface area (Å²) in [6, 6.07) is 12.0. The third-order valence-electron chi connectivity index (χ3n) is 3.78. The van der Waals surface area contributed by atoms with E-state index in [4.69, 9.17) is 19.9 Å². The number of fused-ring (bicyclic) bond motifs is 1. The summed E-state index contributed by atoms with van der Waals surface area (Å²) in [5, 5.41) is 0. The summed E-state index contributed by atoms with van der Waals surface area (Å²) in [6.45, 7) is 0.517. The maximum Gasteiger partial charge on any atom is 0.168 e. The number of benzene rings is 2. The highest BCUT2D eigenvalue weighted by molar-refractivity contribution is 5.80. The van der Waals surface area contributed by atoms with E-state index < -0.39 is 0 Å². The predicted molar refractivity (Wildman–Crippen MR) is 82.2 cm³/mol. The van der Waals surface area contributed by atoms with Gasteiger partial charge in [-0.2, -0.15) is 0 Å². The van der Waals surface area contributed by atoms with Gasteiger partial charge in [-0.3, -0.25) is 0 Å².